The van der Waals surface area contributed by atoms with Crippen LogP contribution in [0, 0.1) is 0 Å². The van der Waals surface area contributed by atoms with Crippen molar-refractivity contribution in [1.29, 1.82) is 0 Å². The molecular formula is C21H27N5O2. The van der Waals surface area contributed by atoms with Gasteiger partial charge in [0.2, 0.25) is 5.95 Å². The summed E-state index contributed by atoms with van der Waals surface area (Å²) in [5.74, 6) is 1.64. The number of carbonyl (C=O) groups is 1. The van der Waals surface area contributed by atoms with Crippen molar-refractivity contribution in [3.8, 4) is 5.75 Å². The predicted octanol–water partition coefficient (Wildman–Crippen LogP) is 2.83. The molecule has 2 amide bonds. The zero-order valence-electron chi connectivity index (χ0n) is 16.1. The van der Waals surface area contributed by atoms with Crippen LogP contribution in [-0.2, 0) is 6.54 Å². The molecule has 1 N–H and O–H groups in total. The fraction of sp³-hybridized carbons (Fsp3) is 0.476. The number of aromatic nitrogens is 2. The largest absolute Gasteiger partial charge is 0.490 e. The smallest absolute Gasteiger partial charge is 0.317 e. The number of amides is 2. The molecule has 1 saturated heterocycles. The van der Waals surface area contributed by atoms with Gasteiger partial charge in [0.05, 0.1) is 6.10 Å². The van der Waals surface area contributed by atoms with Crippen molar-refractivity contribution in [1.82, 2.24) is 20.2 Å². The van der Waals surface area contributed by atoms with Crippen molar-refractivity contribution in [2.75, 3.05) is 31.1 Å². The Kier molecular flexibility index (Phi) is 5.89. The molecule has 2 aromatic rings. The molecular weight excluding hydrogens is 354 g/mol. The maximum atomic E-state index is 12.5. The first kappa shape index (κ1) is 18.5. The first-order valence-electron chi connectivity index (χ1n) is 10.1. The van der Waals surface area contributed by atoms with Crippen molar-refractivity contribution in [2.45, 2.75) is 38.3 Å². The van der Waals surface area contributed by atoms with E-state index in [9.17, 15) is 4.79 Å². The maximum absolute atomic E-state index is 12.5. The van der Waals surface area contributed by atoms with Gasteiger partial charge >= 0.3 is 6.03 Å². The van der Waals surface area contributed by atoms with E-state index < -0.39 is 0 Å². The van der Waals surface area contributed by atoms with Crippen molar-refractivity contribution in [3.05, 3.63) is 48.3 Å². The zero-order valence-corrected chi connectivity index (χ0v) is 16.1. The number of ether oxygens (including phenoxy) is 1. The average Bonchev–Trinajstić information content (AvgIpc) is 3.27. The van der Waals surface area contributed by atoms with Gasteiger partial charge in [-0.05, 0) is 49.4 Å². The molecule has 1 aliphatic heterocycles. The van der Waals surface area contributed by atoms with E-state index in [1.807, 2.05) is 29.2 Å². The van der Waals surface area contributed by atoms with E-state index in [0.717, 1.165) is 43.2 Å². The molecule has 0 atom stereocenters. The van der Waals surface area contributed by atoms with Crippen LogP contribution in [0.3, 0.4) is 0 Å². The molecule has 2 aliphatic rings. The van der Waals surface area contributed by atoms with Crippen LogP contribution < -0.4 is 15.0 Å². The van der Waals surface area contributed by atoms with Gasteiger partial charge in [0.1, 0.15) is 5.75 Å². The van der Waals surface area contributed by atoms with Gasteiger partial charge in [-0.1, -0.05) is 12.1 Å². The molecule has 2 fully saturated rings. The SMILES string of the molecule is O=C(NCc1ccc(OC2CCCC2)cc1)N1CCN(c2ncccn2)CC1. The Balaban J connectivity index is 1.21. The lowest BCUT2D eigenvalue weighted by atomic mass is 10.2. The van der Waals surface area contributed by atoms with Crippen molar-refractivity contribution >= 4 is 12.0 Å². The lowest BCUT2D eigenvalue weighted by Crippen LogP contribution is -2.52. The Morgan fingerprint density at radius 2 is 1.71 bits per heavy atom. The Bertz CT molecular complexity index is 754. The number of carbonyl (C=O) groups excluding carboxylic acids is 1. The summed E-state index contributed by atoms with van der Waals surface area (Å²) in [6.45, 7) is 3.33. The number of hydrogen-bond donors (Lipinski definition) is 1. The highest BCUT2D eigenvalue weighted by atomic mass is 16.5. The molecule has 2 heterocycles. The summed E-state index contributed by atoms with van der Waals surface area (Å²) in [5, 5.41) is 3.01. The predicted molar refractivity (Wildman–Crippen MR) is 107 cm³/mol. The topological polar surface area (TPSA) is 70.6 Å². The summed E-state index contributed by atoms with van der Waals surface area (Å²) < 4.78 is 5.99. The molecule has 0 spiro atoms. The molecule has 1 aromatic carbocycles. The Morgan fingerprint density at radius 3 is 2.39 bits per heavy atom. The number of nitrogens with one attached hydrogen (secondary N) is 1. The molecule has 0 unspecified atom stereocenters. The molecule has 1 saturated carbocycles. The van der Waals surface area contributed by atoms with Crippen LogP contribution in [-0.4, -0.2) is 53.2 Å². The van der Waals surface area contributed by atoms with Crippen LogP contribution in [0.25, 0.3) is 0 Å². The van der Waals surface area contributed by atoms with Gasteiger partial charge in [-0.15, -0.1) is 0 Å². The second-order valence-electron chi connectivity index (χ2n) is 7.35. The highest BCUT2D eigenvalue weighted by Gasteiger charge is 2.22. The first-order chi connectivity index (χ1) is 13.8. The second-order valence-corrected chi connectivity index (χ2v) is 7.35. The lowest BCUT2D eigenvalue weighted by molar-refractivity contribution is 0.193. The van der Waals surface area contributed by atoms with Crippen LogP contribution in [0.5, 0.6) is 5.75 Å². The number of urea groups is 1. The van der Waals surface area contributed by atoms with E-state index in [4.69, 9.17) is 4.74 Å². The molecule has 7 heteroatoms. The number of rotatable bonds is 5. The molecule has 148 valence electrons. The summed E-state index contributed by atoms with van der Waals surface area (Å²) in [5.41, 5.74) is 1.07. The Morgan fingerprint density at radius 1 is 1.04 bits per heavy atom. The quantitative estimate of drug-likeness (QED) is 0.862. The molecule has 1 aromatic heterocycles. The van der Waals surface area contributed by atoms with Gasteiger partial charge < -0.3 is 19.9 Å². The van der Waals surface area contributed by atoms with E-state index in [1.54, 1.807) is 18.5 Å². The highest BCUT2D eigenvalue weighted by Crippen LogP contribution is 2.24. The maximum Gasteiger partial charge on any atom is 0.317 e. The van der Waals surface area contributed by atoms with E-state index in [0.29, 0.717) is 25.7 Å². The third-order valence-corrected chi connectivity index (χ3v) is 5.37. The highest BCUT2D eigenvalue weighted by molar-refractivity contribution is 5.74. The monoisotopic (exact) mass is 381 g/mol. The minimum Gasteiger partial charge on any atom is -0.490 e. The standard InChI is InChI=1S/C21H27N5O2/c27-21(26-14-12-25(13-15-26)20-22-10-3-11-23-20)24-16-17-6-8-19(9-7-17)28-18-4-1-2-5-18/h3,6-11,18H,1-2,4-5,12-16H2,(H,24,27). The van der Waals surface area contributed by atoms with E-state index in [-0.39, 0.29) is 6.03 Å². The van der Waals surface area contributed by atoms with Crippen LogP contribution >= 0.6 is 0 Å². The first-order valence-corrected chi connectivity index (χ1v) is 10.1. The van der Waals surface area contributed by atoms with E-state index in [2.05, 4.69) is 20.2 Å². The van der Waals surface area contributed by atoms with Crippen molar-refractivity contribution < 1.29 is 9.53 Å². The third-order valence-electron chi connectivity index (χ3n) is 5.37. The van der Waals surface area contributed by atoms with Gasteiger partial charge in [0.15, 0.2) is 0 Å². The molecule has 4 rings (SSSR count). The normalized spacial score (nSPS) is 17.6. The van der Waals surface area contributed by atoms with Crippen LogP contribution in [0.4, 0.5) is 10.7 Å². The third kappa shape index (κ3) is 4.71. The number of piperazine rings is 1. The molecule has 0 bridgehead atoms. The fourth-order valence-electron chi connectivity index (χ4n) is 3.74. The molecule has 1 aliphatic carbocycles. The number of anilines is 1. The molecule has 28 heavy (non-hydrogen) atoms. The van der Waals surface area contributed by atoms with Gasteiger partial charge in [-0.3, -0.25) is 0 Å². The minimum absolute atomic E-state index is 0.0279. The van der Waals surface area contributed by atoms with Crippen LogP contribution in [0.2, 0.25) is 0 Å². The summed E-state index contributed by atoms with van der Waals surface area (Å²) >= 11 is 0. The van der Waals surface area contributed by atoms with Gasteiger partial charge in [0.25, 0.3) is 0 Å². The fourth-order valence-corrected chi connectivity index (χ4v) is 3.74. The summed E-state index contributed by atoms with van der Waals surface area (Å²) in [6.07, 6.45) is 8.69. The van der Waals surface area contributed by atoms with Gasteiger partial charge in [-0.2, -0.15) is 0 Å². The van der Waals surface area contributed by atoms with Crippen molar-refractivity contribution in [3.63, 3.8) is 0 Å². The zero-order chi connectivity index (χ0) is 19.2. The molecule has 7 nitrogen and oxygen atoms in total. The summed E-state index contributed by atoms with van der Waals surface area (Å²) in [6, 6.07) is 9.82. The average molecular weight is 381 g/mol. The number of nitrogens with zero attached hydrogens (tertiary/aromatic N) is 4. The van der Waals surface area contributed by atoms with Crippen LogP contribution in [0.1, 0.15) is 31.2 Å². The minimum atomic E-state index is -0.0279. The Labute approximate surface area is 165 Å². The van der Waals surface area contributed by atoms with Gasteiger partial charge in [0, 0.05) is 45.1 Å². The molecule has 0 radical (unpaired) electrons. The lowest BCUT2D eigenvalue weighted by Gasteiger charge is -2.34. The number of benzene rings is 1. The second kappa shape index (κ2) is 8.91. The summed E-state index contributed by atoms with van der Waals surface area (Å²) in [7, 11) is 0. The van der Waals surface area contributed by atoms with Crippen molar-refractivity contribution in [2.24, 2.45) is 0 Å². The van der Waals surface area contributed by atoms with E-state index in [1.165, 1.54) is 12.8 Å². The number of hydrogen-bond acceptors (Lipinski definition) is 5. The summed E-state index contributed by atoms with van der Waals surface area (Å²) in [4.78, 5) is 24.9. The van der Waals surface area contributed by atoms with Crippen LogP contribution in [0.15, 0.2) is 42.7 Å². The Hall–Kier alpha value is -2.83. The van der Waals surface area contributed by atoms with Gasteiger partial charge in [-0.25, -0.2) is 14.8 Å². The van der Waals surface area contributed by atoms with E-state index >= 15 is 0 Å².